The minimum atomic E-state index is 0.516. The third-order valence-corrected chi connectivity index (χ3v) is 3.43. The van der Waals surface area contributed by atoms with Crippen molar-refractivity contribution in [2.24, 2.45) is 0 Å². The zero-order valence-corrected chi connectivity index (χ0v) is 11.9. The highest BCUT2D eigenvalue weighted by molar-refractivity contribution is 7.98. The van der Waals surface area contributed by atoms with E-state index in [1.807, 2.05) is 0 Å². The summed E-state index contributed by atoms with van der Waals surface area (Å²) in [6, 6.07) is 9.28. The molecule has 1 aromatic rings. The van der Waals surface area contributed by atoms with Crippen LogP contribution in [0.4, 0.5) is 0 Å². The highest BCUT2D eigenvalue weighted by Crippen LogP contribution is 2.14. The van der Waals surface area contributed by atoms with E-state index in [0.717, 1.165) is 19.6 Å². The Morgan fingerprint density at radius 1 is 1.24 bits per heavy atom. The molecule has 1 unspecified atom stereocenters. The SMILES string of the molecule is CCCNCC(C)NCc1ccc(SC)cc1. The maximum absolute atomic E-state index is 3.53. The van der Waals surface area contributed by atoms with Crippen LogP contribution in [0.1, 0.15) is 25.8 Å². The maximum atomic E-state index is 3.53. The molecular formula is C14H24N2S. The molecule has 96 valence electrons. The summed E-state index contributed by atoms with van der Waals surface area (Å²) in [4.78, 5) is 1.33. The Kier molecular flexibility index (Phi) is 7.33. The van der Waals surface area contributed by atoms with E-state index >= 15 is 0 Å². The van der Waals surface area contributed by atoms with Crippen molar-refractivity contribution in [3.8, 4) is 0 Å². The molecule has 0 aliphatic carbocycles. The lowest BCUT2D eigenvalue weighted by molar-refractivity contribution is 0.501. The molecule has 17 heavy (non-hydrogen) atoms. The van der Waals surface area contributed by atoms with Gasteiger partial charge < -0.3 is 10.6 Å². The van der Waals surface area contributed by atoms with E-state index in [1.165, 1.54) is 16.9 Å². The van der Waals surface area contributed by atoms with Gasteiger partial charge in [0.1, 0.15) is 0 Å². The summed E-state index contributed by atoms with van der Waals surface area (Å²) in [5.41, 5.74) is 1.35. The fourth-order valence-corrected chi connectivity index (χ4v) is 2.01. The average Bonchev–Trinajstić information content (AvgIpc) is 2.37. The standard InChI is InChI=1S/C14H24N2S/c1-4-9-15-10-12(2)16-11-13-5-7-14(17-3)8-6-13/h5-8,12,15-16H,4,9-11H2,1-3H3. The highest BCUT2D eigenvalue weighted by atomic mass is 32.2. The molecule has 2 nitrogen and oxygen atoms in total. The predicted octanol–water partition coefficient (Wildman–Crippen LogP) is 2.89. The van der Waals surface area contributed by atoms with Crippen LogP contribution >= 0.6 is 11.8 Å². The van der Waals surface area contributed by atoms with Crippen LogP contribution in [0.15, 0.2) is 29.2 Å². The summed E-state index contributed by atoms with van der Waals surface area (Å²) in [6.07, 6.45) is 3.30. The molecular weight excluding hydrogens is 228 g/mol. The lowest BCUT2D eigenvalue weighted by atomic mass is 10.2. The molecule has 0 aromatic heterocycles. The summed E-state index contributed by atoms with van der Waals surface area (Å²) in [5.74, 6) is 0. The Balaban J connectivity index is 2.24. The van der Waals surface area contributed by atoms with E-state index in [1.54, 1.807) is 11.8 Å². The van der Waals surface area contributed by atoms with Crippen LogP contribution in [0, 0.1) is 0 Å². The zero-order chi connectivity index (χ0) is 12.5. The second-order valence-corrected chi connectivity index (χ2v) is 5.21. The topological polar surface area (TPSA) is 24.1 Å². The monoisotopic (exact) mass is 252 g/mol. The number of rotatable bonds is 8. The molecule has 1 aromatic carbocycles. The van der Waals surface area contributed by atoms with Gasteiger partial charge >= 0.3 is 0 Å². The summed E-state index contributed by atoms with van der Waals surface area (Å²) in [6.45, 7) is 7.51. The molecule has 0 heterocycles. The molecule has 0 amide bonds. The number of benzene rings is 1. The van der Waals surface area contributed by atoms with Crippen LogP contribution in [-0.2, 0) is 6.54 Å². The van der Waals surface area contributed by atoms with E-state index in [-0.39, 0.29) is 0 Å². The van der Waals surface area contributed by atoms with E-state index in [9.17, 15) is 0 Å². The first-order chi connectivity index (χ1) is 8.26. The molecule has 1 rings (SSSR count). The maximum Gasteiger partial charge on any atom is 0.0208 e. The van der Waals surface area contributed by atoms with Gasteiger partial charge in [0.15, 0.2) is 0 Å². The number of nitrogens with one attached hydrogen (secondary N) is 2. The van der Waals surface area contributed by atoms with Crippen molar-refractivity contribution in [1.29, 1.82) is 0 Å². The highest BCUT2D eigenvalue weighted by Gasteiger charge is 2.00. The average molecular weight is 252 g/mol. The Morgan fingerprint density at radius 3 is 2.53 bits per heavy atom. The third kappa shape index (κ3) is 6.10. The molecule has 0 fully saturated rings. The summed E-state index contributed by atoms with van der Waals surface area (Å²) >= 11 is 1.79. The van der Waals surface area contributed by atoms with Gasteiger partial charge in [0.2, 0.25) is 0 Å². The van der Waals surface area contributed by atoms with Gasteiger partial charge in [-0.2, -0.15) is 0 Å². The van der Waals surface area contributed by atoms with E-state index in [4.69, 9.17) is 0 Å². The van der Waals surface area contributed by atoms with Crippen LogP contribution in [0.2, 0.25) is 0 Å². The Hall–Kier alpha value is -0.510. The quantitative estimate of drug-likeness (QED) is 0.549. The van der Waals surface area contributed by atoms with Gasteiger partial charge in [0, 0.05) is 24.0 Å². The molecule has 3 heteroatoms. The molecule has 1 atom stereocenters. The van der Waals surface area contributed by atoms with Crippen molar-refractivity contribution in [3.63, 3.8) is 0 Å². The largest absolute Gasteiger partial charge is 0.315 e. The van der Waals surface area contributed by atoms with Crippen molar-refractivity contribution in [1.82, 2.24) is 10.6 Å². The molecule has 0 aliphatic rings. The van der Waals surface area contributed by atoms with Gasteiger partial charge in [-0.3, -0.25) is 0 Å². The first-order valence-electron chi connectivity index (χ1n) is 6.33. The fraction of sp³-hybridized carbons (Fsp3) is 0.571. The predicted molar refractivity (Wildman–Crippen MR) is 77.7 cm³/mol. The van der Waals surface area contributed by atoms with E-state index < -0.39 is 0 Å². The van der Waals surface area contributed by atoms with Gasteiger partial charge in [-0.1, -0.05) is 19.1 Å². The Labute approximate surface area is 110 Å². The van der Waals surface area contributed by atoms with Crippen LogP contribution in [0.25, 0.3) is 0 Å². The summed E-state index contributed by atoms with van der Waals surface area (Å²) < 4.78 is 0. The van der Waals surface area contributed by atoms with Gasteiger partial charge in [0.25, 0.3) is 0 Å². The fourth-order valence-electron chi connectivity index (χ4n) is 1.60. The van der Waals surface area contributed by atoms with Crippen LogP contribution in [0.5, 0.6) is 0 Å². The molecule has 0 saturated carbocycles. The van der Waals surface area contributed by atoms with Gasteiger partial charge in [0.05, 0.1) is 0 Å². The Bertz CT molecular complexity index is 298. The minimum Gasteiger partial charge on any atom is -0.315 e. The smallest absolute Gasteiger partial charge is 0.0208 e. The minimum absolute atomic E-state index is 0.516. The molecule has 0 bridgehead atoms. The van der Waals surface area contributed by atoms with Gasteiger partial charge in [-0.05, 0) is 43.8 Å². The van der Waals surface area contributed by atoms with Crippen molar-refractivity contribution >= 4 is 11.8 Å². The van der Waals surface area contributed by atoms with E-state index in [0.29, 0.717) is 6.04 Å². The first-order valence-corrected chi connectivity index (χ1v) is 7.55. The molecule has 0 radical (unpaired) electrons. The van der Waals surface area contributed by atoms with Gasteiger partial charge in [-0.15, -0.1) is 11.8 Å². The zero-order valence-electron chi connectivity index (χ0n) is 11.1. The van der Waals surface area contributed by atoms with Crippen molar-refractivity contribution in [3.05, 3.63) is 29.8 Å². The lowest BCUT2D eigenvalue weighted by Crippen LogP contribution is -2.36. The summed E-state index contributed by atoms with van der Waals surface area (Å²) in [7, 11) is 0. The molecule has 0 aliphatic heterocycles. The lowest BCUT2D eigenvalue weighted by Gasteiger charge is -2.14. The molecule has 0 spiro atoms. The number of thioether (sulfide) groups is 1. The molecule has 0 saturated heterocycles. The van der Waals surface area contributed by atoms with Crippen LogP contribution in [0.3, 0.4) is 0 Å². The van der Waals surface area contributed by atoms with Crippen molar-refractivity contribution < 1.29 is 0 Å². The Morgan fingerprint density at radius 2 is 1.94 bits per heavy atom. The van der Waals surface area contributed by atoms with Crippen LogP contribution < -0.4 is 10.6 Å². The normalized spacial score (nSPS) is 12.6. The second kappa shape index (κ2) is 8.56. The first kappa shape index (κ1) is 14.6. The van der Waals surface area contributed by atoms with Crippen molar-refractivity contribution in [2.75, 3.05) is 19.3 Å². The second-order valence-electron chi connectivity index (χ2n) is 4.33. The van der Waals surface area contributed by atoms with Crippen molar-refractivity contribution in [2.45, 2.75) is 37.8 Å². The number of hydrogen-bond acceptors (Lipinski definition) is 3. The molecule has 2 N–H and O–H groups in total. The van der Waals surface area contributed by atoms with E-state index in [2.05, 4.69) is 55.0 Å². The summed E-state index contributed by atoms with van der Waals surface area (Å²) in [5, 5.41) is 6.95. The van der Waals surface area contributed by atoms with Gasteiger partial charge in [-0.25, -0.2) is 0 Å². The number of hydrogen-bond donors (Lipinski definition) is 2. The van der Waals surface area contributed by atoms with Crippen LogP contribution in [-0.4, -0.2) is 25.4 Å². The third-order valence-electron chi connectivity index (χ3n) is 2.69.